The third-order valence-electron chi connectivity index (χ3n) is 2.33. The fourth-order valence-corrected chi connectivity index (χ4v) is 2.24. The van der Waals surface area contributed by atoms with Crippen LogP contribution in [0.2, 0.25) is 0 Å². The molecule has 0 atom stereocenters. The van der Waals surface area contributed by atoms with E-state index < -0.39 is 0 Å². The van der Waals surface area contributed by atoms with Gasteiger partial charge in [-0.1, -0.05) is 13.8 Å². The molecule has 0 saturated carbocycles. The molecule has 92 valence electrons. The quantitative estimate of drug-likeness (QED) is 0.743. The van der Waals surface area contributed by atoms with Crippen LogP contribution in [0.25, 0.3) is 0 Å². The van der Waals surface area contributed by atoms with Gasteiger partial charge in [-0.15, -0.1) is 11.3 Å². The van der Waals surface area contributed by atoms with Crippen molar-refractivity contribution in [3.8, 4) is 0 Å². The zero-order valence-corrected chi connectivity index (χ0v) is 11.6. The molecule has 1 aromatic rings. The molecule has 0 aliphatic heterocycles. The van der Waals surface area contributed by atoms with Crippen molar-refractivity contribution < 1.29 is 0 Å². The van der Waals surface area contributed by atoms with Gasteiger partial charge in [0.1, 0.15) is 0 Å². The van der Waals surface area contributed by atoms with Crippen LogP contribution in [0.15, 0.2) is 5.38 Å². The smallest absolute Gasteiger partial charge is 0.0954 e. The van der Waals surface area contributed by atoms with Crippen LogP contribution in [0.1, 0.15) is 36.9 Å². The van der Waals surface area contributed by atoms with Crippen molar-refractivity contribution in [3.05, 3.63) is 16.1 Å². The maximum absolute atomic E-state index is 4.59. The summed E-state index contributed by atoms with van der Waals surface area (Å²) >= 11 is 1.77. The summed E-state index contributed by atoms with van der Waals surface area (Å²) in [7, 11) is 4.21. The lowest BCUT2D eigenvalue weighted by atomic mass is 10.2. The van der Waals surface area contributed by atoms with Gasteiger partial charge in [-0.25, -0.2) is 4.98 Å². The standard InChI is InChI=1S/C12H23N3S/c1-10(2)12-14-11(9-16-12)8-13-6-5-7-15(3)4/h9-10,13H,5-8H2,1-4H3. The molecule has 0 spiro atoms. The van der Waals surface area contributed by atoms with Crippen molar-refractivity contribution >= 4 is 11.3 Å². The molecule has 1 N–H and O–H groups in total. The van der Waals surface area contributed by atoms with E-state index in [4.69, 9.17) is 0 Å². The summed E-state index contributed by atoms with van der Waals surface area (Å²) in [6.07, 6.45) is 1.19. The largest absolute Gasteiger partial charge is 0.311 e. The summed E-state index contributed by atoms with van der Waals surface area (Å²) in [5, 5.41) is 6.83. The van der Waals surface area contributed by atoms with Crippen molar-refractivity contribution in [1.29, 1.82) is 0 Å². The molecule has 1 aromatic heterocycles. The molecule has 16 heavy (non-hydrogen) atoms. The first kappa shape index (κ1) is 13.6. The molecular formula is C12H23N3S. The summed E-state index contributed by atoms with van der Waals surface area (Å²) < 4.78 is 0. The Kier molecular flexibility index (Phi) is 5.95. The number of aromatic nitrogens is 1. The Bertz CT molecular complexity index is 294. The van der Waals surface area contributed by atoms with E-state index in [2.05, 4.69) is 48.5 Å². The molecule has 0 radical (unpaired) electrons. The lowest BCUT2D eigenvalue weighted by Gasteiger charge is -2.09. The second-order valence-electron chi connectivity index (χ2n) is 4.67. The van der Waals surface area contributed by atoms with Crippen LogP contribution in [0.4, 0.5) is 0 Å². The number of hydrogen-bond donors (Lipinski definition) is 1. The average molecular weight is 241 g/mol. The molecule has 0 amide bonds. The van der Waals surface area contributed by atoms with Gasteiger partial charge in [0.05, 0.1) is 10.7 Å². The summed E-state index contributed by atoms with van der Waals surface area (Å²) in [6.45, 7) is 7.48. The Labute approximate surface area is 103 Å². The van der Waals surface area contributed by atoms with E-state index in [-0.39, 0.29) is 0 Å². The minimum absolute atomic E-state index is 0.549. The molecular weight excluding hydrogens is 218 g/mol. The van der Waals surface area contributed by atoms with Gasteiger partial charge in [0.15, 0.2) is 0 Å². The number of nitrogens with zero attached hydrogens (tertiary/aromatic N) is 2. The highest BCUT2D eigenvalue weighted by atomic mass is 32.1. The normalized spacial score (nSPS) is 11.6. The van der Waals surface area contributed by atoms with E-state index in [1.807, 2.05) is 0 Å². The van der Waals surface area contributed by atoms with Crippen LogP contribution in [0, 0.1) is 0 Å². The van der Waals surface area contributed by atoms with Crippen LogP contribution in [-0.4, -0.2) is 37.1 Å². The minimum atomic E-state index is 0.549. The molecule has 0 aliphatic carbocycles. The zero-order valence-electron chi connectivity index (χ0n) is 10.8. The Morgan fingerprint density at radius 1 is 1.44 bits per heavy atom. The first-order valence-electron chi connectivity index (χ1n) is 5.89. The fraction of sp³-hybridized carbons (Fsp3) is 0.750. The molecule has 0 saturated heterocycles. The fourth-order valence-electron chi connectivity index (χ4n) is 1.41. The molecule has 1 heterocycles. The van der Waals surface area contributed by atoms with Gasteiger partial charge in [-0.2, -0.15) is 0 Å². The average Bonchev–Trinajstić information content (AvgIpc) is 2.65. The zero-order chi connectivity index (χ0) is 12.0. The Balaban J connectivity index is 2.17. The van der Waals surface area contributed by atoms with Crippen LogP contribution in [-0.2, 0) is 6.54 Å². The van der Waals surface area contributed by atoms with Crippen molar-refractivity contribution in [1.82, 2.24) is 15.2 Å². The van der Waals surface area contributed by atoms with Crippen molar-refractivity contribution in [2.24, 2.45) is 0 Å². The number of hydrogen-bond acceptors (Lipinski definition) is 4. The molecule has 0 bridgehead atoms. The van der Waals surface area contributed by atoms with Crippen LogP contribution in [0.3, 0.4) is 0 Å². The monoisotopic (exact) mass is 241 g/mol. The molecule has 0 aromatic carbocycles. The SMILES string of the molecule is CC(C)c1nc(CNCCCN(C)C)cs1. The Morgan fingerprint density at radius 2 is 2.19 bits per heavy atom. The van der Waals surface area contributed by atoms with Gasteiger partial charge in [0, 0.05) is 17.8 Å². The predicted molar refractivity (Wildman–Crippen MR) is 71.1 cm³/mol. The van der Waals surface area contributed by atoms with Crippen LogP contribution < -0.4 is 5.32 Å². The van der Waals surface area contributed by atoms with Gasteiger partial charge in [-0.3, -0.25) is 0 Å². The van der Waals surface area contributed by atoms with Gasteiger partial charge >= 0.3 is 0 Å². The van der Waals surface area contributed by atoms with E-state index in [1.54, 1.807) is 11.3 Å². The highest BCUT2D eigenvalue weighted by molar-refractivity contribution is 7.09. The van der Waals surface area contributed by atoms with E-state index >= 15 is 0 Å². The highest BCUT2D eigenvalue weighted by Crippen LogP contribution is 2.18. The molecule has 0 aliphatic rings. The molecule has 0 fully saturated rings. The van der Waals surface area contributed by atoms with E-state index in [1.165, 1.54) is 17.1 Å². The first-order chi connectivity index (χ1) is 7.59. The van der Waals surface area contributed by atoms with E-state index in [0.717, 1.165) is 19.6 Å². The maximum Gasteiger partial charge on any atom is 0.0954 e. The van der Waals surface area contributed by atoms with Gasteiger partial charge in [0.2, 0.25) is 0 Å². The maximum atomic E-state index is 4.59. The summed E-state index contributed by atoms with van der Waals surface area (Å²) in [6, 6.07) is 0. The lowest BCUT2D eigenvalue weighted by molar-refractivity contribution is 0.394. The van der Waals surface area contributed by atoms with Crippen molar-refractivity contribution in [3.63, 3.8) is 0 Å². The highest BCUT2D eigenvalue weighted by Gasteiger charge is 2.04. The second kappa shape index (κ2) is 6.99. The second-order valence-corrected chi connectivity index (χ2v) is 5.56. The van der Waals surface area contributed by atoms with Gasteiger partial charge < -0.3 is 10.2 Å². The van der Waals surface area contributed by atoms with Gasteiger partial charge in [-0.05, 0) is 33.6 Å². The Morgan fingerprint density at radius 3 is 2.75 bits per heavy atom. The Hall–Kier alpha value is -0.450. The summed E-state index contributed by atoms with van der Waals surface area (Å²) in [4.78, 5) is 6.80. The van der Waals surface area contributed by atoms with Crippen LogP contribution in [0.5, 0.6) is 0 Å². The van der Waals surface area contributed by atoms with Crippen molar-refractivity contribution in [2.75, 3.05) is 27.2 Å². The topological polar surface area (TPSA) is 28.2 Å². The van der Waals surface area contributed by atoms with E-state index in [9.17, 15) is 0 Å². The molecule has 4 heteroatoms. The van der Waals surface area contributed by atoms with Crippen molar-refractivity contribution in [2.45, 2.75) is 32.7 Å². The minimum Gasteiger partial charge on any atom is -0.311 e. The first-order valence-corrected chi connectivity index (χ1v) is 6.77. The lowest BCUT2D eigenvalue weighted by Crippen LogP contribution is -2.21. The number of rotatable bonds is 7. The molecule has 1 rings (SSSR count). The number of thiazole rings is 1. The predicted octanol–water partition coefficient (Wildman–Crippen LogP) is 2.31. The third kappa shape index (κ3) is 5.05. The van der Waals surface area contributed by atoms with Crippen LogP contribution >= 0.6 is 11.3 Å². The summed E-state index contributed by atoms with van der Waals surface area (Å²) in [5.41, 5.74) is 1.18. The van der Waals surface area contributed by atoms with Gasteiger partial charge in [0.25, 0.3) is 0 Å². The summed E-state index contributed by atoms with van der Waals surface area (Å²) in [5.74, 6) is 0.549. The van der Waals surface area contributed by atoms with E-state index in [0.29, 0.717) is 5.92 Å². The molecule has 0 unspecified atom stereocenters. The molecule has 3 nitrogen and oxygen atoms in total. The number of nitrogens with one attached hydrogen (secondary N) is 1. The third-order valence-corrected chi connectivity index (χ3v) is 3.52.